The molecule has 0 rings (SSSR count). The minimum absolute atomic E-state index is 0. The molecule has 0 aromatic carbocycles. The van der Waals surface area contributed by atoms with Gasteiger partial charge in [0.2, 0.25) is 0 Å². The summed E-state index contributed by atoms with van der Waals surface area (Å²) >= 11 is 0. The zero-order chi connectivity index (χ0) is 20.3. The van der Waals surface area contributed by atoms with Gasteiger partial charge in [-0.05, 0) is 51.4 Å². The number of nitrogens with zero attached hydrogens (tertiary/aromatic N) is 2. The van der Waals surface area contributed by atoms with Crippen molar-refractivity contribution in [2.75, 3.05) is 52.4 Å². The van der Waals surface area contributed by atoms with E-state index < -0.39 is 0 Å². The number of rotatable bonds is 16. The highest BCUT2D eigenvalue weighted by molar-refractivity contribution is 4.45. The maximum absolute atomic E-state index is 2.31. The van der Waals surface area contributed by atoms with E-state index in [4.69, 9.17) is 0 Å². The van der Waals surface area contributed by atoms with E-state index in [1.807, 2.05) is 0 Å². The molecule has 176 valence electrons. The topological polar surface area (TPSA) is 30.0 Å². The highest BCUT2D eigenvalue weighted by Crippen LogP contribution is 2.13. The first-order chi connectivity index (χ1) is 12.5. The summed E-state index contributed by atoms with van der Waals surface area (Å²) in [5.74, 6) is 0. The SMILES string of the molecule is CCC[N+](CCC)(CCC)CCC.CCC[N+](CCC)(CCC)CCC.[Cl-].[OH-]. The van der Waals surface area contributed by atoms with Crippen LogP contribution in [-0.2, 0) is 0 Å². The quantitative estimate of drug-likeness (QED) is 0.347. The first kappa shape index (κ1) is 35.6. The van der Waals surface area contributed by atoms with Gasteiger partial charge in [-0.15, -0.1) is 0 Å². The molecule has 0 heterocycles. The van der Waals surface area contributed by atoms with Gasteiger partial charge in [0.25, 0.3) is 0 Å². The van der Waals surface area contributed by atoms with Gasteiger partial charge in [0.15, 0.2) is 0 Å². The van der Waals surface area contributed by atoms with E-state index in [0.717, 1.165) is 0 Å². The van der Waals surface area contributed by atoms with Crippen molar-refractivity contribution in [1.82, 2.24) is 0 Å². The van der Waals surface area contributed by atoms with Gasteiger partial charge < -0.3 is 26.8 Å². The summed E-state index contributed by atoms with van der Waals surface area (Å²) in [5, 5.41) is 0. The summed E-state index contributed by atoms with van der Waals surface area (Å²) in [6.07, 6.45) is 10.7. The highest BCUT2D eigenvalue weighted by Gasteiger charge is 2.23. The predicted octanol–water partition coefficient (Wildman–Crippen LogP) is 3.71. The average molecular weight is 425 g/mol. The first-order valence-electron chi connectivity index (χ1n) is 12.2. The van der Waals surface area contributed by atoms with Gasteiger partial charge in [-0.25, -0.2) is 0 Å². The Balaban J connectivity index is -0.000000192. The van der Waals surface area contributed by atoms with Crippen LogP contribution in [0.4, 0.5) is 0 Å². The van der Waals surface area contributed by atoms with E-state index in [1.54, 1.807) is 0 Å². The van der Waals surface area contributed by atoms with Gasteiger partial charge in [-0.2, -0.15) is 0 Å². The summed E-state index contributed by atoms with van der Waals surface area (Å²) in [4.78, 5) is 0. The molecule has 0 saturated carbocycles. The third kappa shape index (κ3) is 16.0. The zero-order valence-electron chi connectivity index (χ0n) is 21.0. The van der Waals surface area contributed by atoms with E-state index in [0.29, 0.717) is 0 Å². The van der Waals surface area contributed by atoms with Crippen molar-refractivity contribution in [2.24, 2.45) is 0 Å². The Kier molecular flexibility index (Phi) is 29.8. The third-order valence-electron chi connectivity index (χ3n) is 5.58. The van der Waals surface area contributed by atoms with Gasteiger partial charge >= 0.3 is 0 Å². The van der Waals surface area contributed by atoms with Crippen LogP contribution in [0.2, 0.25) is 0 Å². The fraction of sp³-hybridized carbons (Fsp3) is 1.00. The van der Waals surface area contributed by atoms with Crippen LogP contribution in [0.1, 0.15) is 107 Å². The molecule has 0 amide bonds. The lowest BCUT2D eigenvalue weighted by molar-refractivity contribution is -0.928. The van der Waals surface area contributed by atoms with Crippen LogP contribution < -0.4 is 12.4 Å². The normalized spacial score (nSPS) is 11.1. The van der Waals surface area contributed by atoms with Gasteiger partial charge in [0, 0.05) is 0 Å². The van der Waals surface area contributed by atoms with Crippen LogP contribution in [0.15, 0.2) is 0 Å². The molecule has 0 atom stereocenters. The van der Waals surface area contributed by atoms with Crippen molar-refractivity contribution in [1.29, 1.82) is 0 Å². The fourth-order valence-electron chi connectivity index (χ4n) is 5.14. The molecule has 0 aliphatic heterocycles. The fourth-order valence-corrected chi connectivity index (χ4v) is 5.14. The Morgan fingerprint density at radius 2 is 0.429 bits per heavy atom. The van der Waals surface area contributed by atoms with Crippen molar-refractivity contribution in [3.8, 4) is 0 Å². The second-order valence-corrected chi connectivity index (χ2v) is 8.47. The van der Waals surface area contributed by atoms with Crippen LogP contribution in [0.3, 0.4) is 0 Å². The first-order valence-corrected chi connectivity index (χ1v) is 12.2. The molecule has 0 fully saturated rings. The van der Waals surface area contributed by atoms with Crippen molar-refractivity contribution < 1.29 is 26.8 Å². The Morgan fingerprint density at radius 1 is 0.321 bits per heavy atom. The molecule has 0 aromatic rings. The Hall–Kier alpha value is 0.170. The molecule has 28 heavy (non-hydrogen) atoms. The molecule has 0 spiro atoms. The summed E-state index contributed by atoms with van der Waals surface area (Å²) in [7, 11) is 0. The molecule has 0 radical (unpaired) electrons. The molecular weight excluding hydrogens is 368 g/mol. The van der Waals surface area contributed by atoms with Crippen molar-refractivity contribution in [2.45, 2.75) is 107 Å². The molecule has 0 aliphatic rings. The van der Waals surface area contributed by atoms with E-state index in [9.17, 15) is 0 Å². The number of quaternary nitrogens is 2. The molecule has 0 aromatic heterocycles. The Bertz CT molecular complexity index is 201. The summed E-state index contributed by atoms with van der Waals surface area (Å²) in [6, 6.07) is 0. The maximum Gasteiger partial charge on any atom is 0.0783 e. The van der Waals surface area contributed by atoms with Crippen LogP contribution >= 0.6 is 0 Å². The van der Waals surface area contributed by atoms with Crippen LogP contribution in [0.25, 0.3) is 0 Å². The highest BCUT2D eigenvalue weighted by atomic mass is 35.5. The molecular formula is C24H57ClN2O. The molecule has 0 aliphatic carbocycles. The minimum atomic E-state index is 0. The second-order valence-electron chi connectivity index (χ2n) is 8.47. The molecule has 0 bridgehead atoms. The van der Waals surface area contributed by atoms with E-state index >= 15 is 0 Å². The average Bonchev–Trinajstić information content (AvgIpc) is 2.57. The van der Waals surface area contributed by atoms with E-state index in [-0.39, 0.29) is 17.9 Å². The van der Waals surface area contributed by atoms with Crippen LogP contribution in [0, 0.1) is 0 Å². The third-order valence-corrected chi connectivity index (χ3v) is 5.58. The standard InChI is InChI=1S/2C12H28N.ClH.H2O/c2*1-5-9-13(10-6-2,11-7-3)12-8-4;;/h2*5-12H2,1-4H3;1H;1H2/q2*+1;;/p-2. The number of hydrogen-bond donors (Lipinski definition) is 0. The summed E-state index contributed by atoms with van der Waals surface area (Å²) in [5.41, 5.74) is 0. The van der Waals surface area contributed by atoms with Crippen LogP contribution in [-0.4, -0.2) is 66.8 Å². The van der Waals surface area contributed by atoms with Gasteiger partial charge in [-0.3, -0.25) is 0 Å². The minimum Gasteiger partial charge on any atom is -1.00 e. The maximum atomic E-state index is 2.31. The second kappa shape index (κ2) is 23.4. The molecule has 4 heteroatoms. The van der Waals surface area contributed by atoms with Gasteiger partial charge in [-0.1, -0.05) is 55.4 Å². The number of hydrogen-bond acceptors (Lipinski definition) is 1. The summed E-state index contributed by atoms with van der Waals surface area (Å²) < 4.78 is 2.75. The Morgan fingerprint density at radius 3 is 0.500 bits per heavy atom. The monoisotopic (exact) mass is 424 g/mol. The molecule has 0 unspecified atom stereocenters. The smallest absolute Gasteiger partial charge is 0.0783 e. The molecule has 0 saturated heterocycles. The molecule has 1 N–H and O–H groups in total. The van der Waals surface area contributed by atoms with Crippen LogP contribution in [0.5, 0.6) is 0 Å². The van der Waals surface area contributed by atoms with Gasteiger partial charge in [0.1, 0.15) is 0 Å². The lowest BCUT2D eigenvalue weighted by Crippen LogP contribution is -3.00. The van der Waals surface area contributed by atoms with Crippen molar-refractivity contribution in [3.63, 3.8) is 0 Å². The zero-order valence-corrected chi connectivity index (χ0v) is 21.8. The van der Waals surface area contributed by atoms with E-state index in [1.165, 1.54) is 113 Å². The lowest BCUT2D eigenvalue weighted by Gasteiger charge is -2.38. The van der Waals surface area contributed by atoms with Crippen molar-refractivity contribution >= 4 is 0 Å². The largest absolute Gasteiger partial charge is 1.00 e. The molecule has 3 nitrogen and oxygen atoms in total. The van der Waals surface area contributed by atoms with E-state index in [2.05, 4.69) is 55.4 Å². The predicted molar refractivity (Wildman–Crippen MR) is 124 cm³/mol. The lowest BCUT2D eigenvalue weighted by atomic mass is 10.2. The van der Waals surface area contributed by atoms with Crippen molar-refractivity contribution in [3.05, 3.63) is 0 Å². The summed E-state index contributed by atoms with van der Waals surface area (Å²) in [6.45, 7) is 29.6. The Labute approximate surface area is 186 Å². The van der Waals surface area contributed by atoms with Gasteiger partial charge in [0.05, 0.1) is 52.4 Å². The number of halogens is 1.